The predicted molar refractivity (Wildman–Crippen MR) is 260 cm³/mol. The Morgan fingerprint density at radius 1 is 0.786 bits per heavy atom. The molecule has 7 rings (SSSR count). The number of aliphatic imine (C=N–C) groups is 1. The number of rotatable bonds is 23. The van der Waals surface area contributed by atoms with Crippen LogP contribution in [0.2, 0.25) is 0 Å². The molecule has 4 aromatic rings. The molecule has 0 spiro atoms. The molecule has 70 heavy (non-hydrogen) atoms. The zero-order valence-electron chi connectivity index (χ0n) is 40.6. The van der Waals surface area contributed by atoms with Crippen molar-refractivity contribution in [2.75, 3.05) is 43.5 Å². The first-order valence-corrected chi connectivity index (χ1v) is 24.1. The van der Waals surface area contributed by atoms with E-state index < -0.39 is 5.91 Å². The van der Waals surface area contributed by atoms with Crippen LogP contribution in [0.25, 0.3) is 0 Å². The van der Waals surface area contributed by atoms with Crippen molar-refractivity contribution in [3.8, 4) is 5.75 Å². The second-order valence-electron chi connectivity index (χ2n) is 18.3. The molecule has 2 fully saturated rings. The zero-order valence-corrected chi connectivity index (χ0v) is 40.6. The highest BCUT2D eigenvalue weighted by atomic mass is 16.5. The van der Waals surface area contributed by atoms with Gasteiger partial charge in [-0.3, -0.25) is 48.2 Å². The number of fused-ring (bicyclic) bond motifs is 2. The Balaban J connectivity index is 0.793. The molecule has 0 bridgehead atoms. The number of nitrogens with one attached hydrogen (secondary N) is 3. The third-order valence-corrected chi connectivity index (χ3v) is 13.0. The lowest BCUT2D eigenvalue weighted by Crippen LogP contribution is -2.35. The highest BCUT2D eigenvalue weighted by Crippen LogP contribution is 2.34. The summed E-state index contributed by atoms with van der Waals surface area (Å²) in [6, 6.07) is 8.44. The molecule has 2 atom stereocenters. The van der Waals surface area contributed by atoms with Gasteiger partial charge in [0, 0.05) is 103 Å². The van der Waals surface area contributed by atoms with Gasteiger partial charge in [-0.1, -0.05) is 13.3 Å². The largest absolute Gasteiger partial charge is 0.493 e. The van der Waals surface area contributed by atoms with Crippen molar-refractivity contribution in [1.82, 2.24) is 28.8 Å². The van der Waals surface area contributed by atoms with Crippen LogP contribution in [-0.4, -0.2) is 116 Å². The molecule has 3 aliphatic rings. The summed E-state index contributed by atoms with van der Waals surface area (Å²) in [6.45, 7) is 5.56. The van der Waals surface area contributed by atoms with Crippen molar-refractivity contribution in [1.29, 1.82) is 0 Å². The summed E-state index contributed by atoms with van der Waals surface area (Å²) in [5.41, 5.74) is 4.45. The molecule has 0 saturated carbocycles. The van der Waals surface area contributed by atoms with Crippen LogP contribution < -0.4 is 20.7 Å². The molecule has 6 amide bonds. The van der Waals surface area contributed by atoms with Crippen LogP contribution in [0, 0.1) is 12.8 Å². The second-order valence-corrected chi connectivity index (χ2v) is 18.3. The minimum Gasteiger partial charge on any atom is -0.493 e. The lowest BCUT2D eigenvalue weighted by Gasteiger charge is -2.20. The summed E-state index contributed by atoms with van der Waals surface area (Å²) in [5.74, 6) is -1.43. The first-order chi connectivity index (χ1) is 33.6. The van der Waals surface area contributed by atoms with Gasteiger partial charge in [-0.15, -0.1) is 0 Å². The van der Waals surface area contributed by atoms with Gasteiger partial charge in [-0.05, 0) is 87.3 Å². The monoisotopic (exact) mass is 961 g/mol. The van der Waals surface area contributed by atoms with Crippen LogP contribution in [0.5, 0.6) is 5.75 Å². The number of hydrogen-bond acceptors (Lipinski definition) is 11. The Morgan fingerprint density at radius 2 is 1.51 bits per heavy atom. The Bertz CT molecular complexity index is 2690. The van der Waals surface area contributed by atoms with E-state index in [2.05, 4.69) is 20.9 Å². The first-order valence-electron chi connectivity index (χ1n) is 24.1. The van der Waals surface area contributed by atoms with E-state index in [9.17, 15) is 38.4 Å². The van der Waals surface area contributed by atoms with E-state index in [0.29, 0.717) is 96.1 Å². The van der Waals surface area contributed by atoms with Crippen molar-refractivity contribution in [2.24, 2.45) is 32.1 Å². The van der Waals surface area contributed by atoms with E-state index >= 15 is 0 Å². The number of anilines is 2. The molecular weight excluding hydrogens is 899 g/mol. The molecule has 0 aliphatic carbocycles. The fraction of sp³-hybridized carbons (Fsp3) is 0.471. The highest BCUT2D eigenvalue weighted by molar-refractivity contribution is 6.06. The Morgan fingerprint density at radius 3 is 2.29 bits per heavy atom. The summed E-state index contributed by atoms with van der Waals surface area (Å²) < 4.78 is 16.2. The van der Waals surface area contributed by atoms with Gasteiger partial charge in [0.15, 0.2) is 5.78 Å². The fourth-order valence-corrected chi connectivity index (χ4v) is 9.11. The molecule has 2 unspecified atom stereocenters. The van der Waals surface area contributed by atoms with Gasteiger partial charge in [0.1, 0.15) is 17.1 Å². The van der Waals surface area contributed by atoms with Gasteiger partial charge in [0.05, 0.1) is 47.6 Å². The average molecular weight is 962 g/mol. The number of carbonyl (C=O) groups excluding carboxylic acids is 8. The Labute approximate surface area is 406 Å². The molecule has 19 heteroatoms. The topological polar surface area (TPSA) is 225 Å². The van der Waals surface area contributed by atoms with E-state index in [0.717, 1.165) is 24.9 Å². The lowest BCUT2D eigenvalue weighted by atomic mass is 10.1. The summed E-state index contributed by atoms with van der Waals surface area (Å²) in [6.07, 6.45) is 12.8. The van der Waals surface area contributed by atoms with Crippen molar-refractivity contribution >= 4 is 70.5 Å². The number of aromatic nitrogens is 3. The normalized spacial score (nSPS) is 16.3. The second kappa shape index (κ2) is 22.9. The van der Waals surface area contributed by atoms with Crippen molar-refractivity contribution in [3.05, 3.63) is 82.7 Å². The van der Waals surface area contributed by atoms with Crippen LogP contribution in [0.1, 0.15) is 131 Å². The molecule has 3 N–H and O–H groups in total. The lowest BCUT2D eigenvalue weighted by molar-refractivity contribution is -0.144. The van der Waals surface area contributed by atoms with E-state index in [1.165, 1.54) is 4.90 Å². The Hall–Kier alpha value is -7.31. The number of esters is 1. The molecule has 372 valence electrons. The SMILES string of the molecule is CCC1CC(=O)N(CCCCCC(=O)OCCCNC(=O)c2cc(NC(=O)c3cc(CC(=O)c4cc(NC(=O)CCCOc5cc6c(cc5C)C(=O)N5CCCC5C=N6)cn4C)cn3C)cn2C)C1=O. The summed E-state index contributed by atoms with van der Waals surface area (Å²) in [7, 11) is 5.10. The summed E-state index contributed by atoms with van der Waals surface area (Å²) in [4.78, 5) is 110. The quantitative estimate of drug-likeness (QED) is 0.0350. The molecule has 2 saturated heterocycles. The maximum absolute atomic E-state index is 13.5. The number of likely N-dealkylation sites (tertiary alicyclic amines) is 1. The number of unbranched alkanes of at least 4 members (excludes halogenated alkanes) is 2. The molecular formula is C51H63N9O10. The summed E-state index contributed by atoms with van der Waals surface area (Å²) >= 11 is 0. The molecule has 6 heterocycles. The van der Waals surface area contributed by atoms with Crippen molar-refractivity contribution in [2.45, 2.75) is 96.9 Å². The minimum atomic E-state index is -0.434. The van der Waals surface area contributed by atoms with Gasteiger partial charge < -0.3 is 44.0 Å². The number of ether oxygens (including phenoxy) is 2. The number of amides is 6. The van der Waals surface area contributed by atoms with Gasteiger partial charge in [0.25, 0.3) is 17.7 Å². The highest BCUT2D eigenvalue weighted by Gasteiger charge is 2.37. The van der Waals surface area contributed by atoms with Crippen LogP contribution in [-0.2, 0) is 51.5 Å². The average Bonchev–Trinajstić information content (AvgIpc) is 4.15. The smallest absolute Gasteiger partial charge is 0.305 e. The van der Waals surface area contributed by atoms with E-state index in [1.54, 1.807) is 77.7 Å². The van der Waals surface area contributed by atoms with Gasteiger partial charge in [0.2, 0.25) is 17.7 Å². The molecule has 0 radical (unpaired) electrons. The summed E-state index contributed by atoms with van der Waals surface area (Å²) in [5, 5.41) is 8.49. The molecule has 1 aromatic carbocycles. The maximum atomic E-state index is 13.5. The fourth-order valence-electron chi connectivity index (χ4n) is 9.11. The number of aryl methyl sites for hydroxylation is 4. The van der Waals surface area contributed by atoms with Crippen LogP contribution in [0.15, 0.2) is 53.9 Å². The molecule has 3 aliphatic heterocycles. The van der Waals surface area contributed by atoms with Crippen LogP contribution >= 0.6 is 0 Å². The van der Waals surface area contributed by atoms with E-state index in [4.69, 9.17) is 9.47 Å². The number of ketones is 1. The Kier molecular flexibility index (Phi) is 16.5. The van der Waals surface area contributed by atoms with Crippen molar-refractivity contribution < 1.29 is 47.8 Å². The van der Waals surface area contributed by atoms with E-state index in [-0.39, 0.29) is 98.7 Å². The van der Waals surface area contributed by atoms with Gasteiger partial charge in [-0.2, -0.15) is 0 Å². The molecule has 19 nitrogen and oxygen atoms in total. The third kappa shape index (κ3) is 12.3. The number of nitrogens with zero attached hydrogens (tertiary/aromatic N) is 6. The van der Waals surface area contributed by atoms with Gasteiger partial charge >= 0.3 is 5.97 Å². The predicted octanol–water partition coefficient (Wildman–Crippen LogP) is 5.82. The number of hydrogen-bond donors (Lipinski definition) is 3. The number of carbonyl (C=O) groups is 8. The standard InChI is InChI=1S/C51H63N9O10/c1-6-34-24-46(63)60(50(34)67)17-9-7-8-15-47(64)70-20-12-16-52-48(65)42-26-36(31-58(42)5)55-49(66)41-22-33(29-56(41)3)23-43(61)40-25-35(30-57(40)4)54-45(62)14-11-19-69-44-27-39-38(21-32(44)2)51(68)59-18-10-13-37(59)28-53-39/h21-22,25-31,34,37H,6-20,23-24H2,1-5H3,(H,52,65)(H,54,62)(H,55,66). The number of Topliss-reactive ketones (excluding diaryl/α,β-unsaturated/α-hetero) is 1. The third-order valence-electron chi connectivity index (χ3n) is 13.0. The number of imide groups is 1. The zero-order chi connectivity index (χ0) is 50.1. The molecule has 3 aromatic heterocycles. The van der Waals surface area contributed by atoms with Gasteiger partial charge in [-0.25, -0.2) is 0 Å². The van der Waals surface area contributed by atoms with Crippen LogP contribution in [0.3, 0.4) is 0 Å². The van der Waals surface area contributed by atoms with Crippen molar-refractivity contribution in [3.63, 3.8) is 0 Å². The maximum Gasteiger partial charge on any atom is 0.305 e. The van der Waals surface area contributed by atoms with Crippen LogP contribution in [0.4, 0.5) is 17.1 Å². The van der Waals surface area contributed by atoms with E-state index in [1.807, 2.05) is 31.0 Å². The minimum absolute atomic E-state index is 0.00555. The first kappa shape index (κ1) is 50.6. The number of benzene rings is 1.